The third-order valence-electron chi connectivity index (χ3n) is 9.71. The molecule has 0 saturated carbocycles. The first-order chi connectivity index (χ1) is 21.3. The van der Waals surface area contributed by atoms with Crippen LogP contribution in [0.2, 0.25) is 0 Å². The summed E-state index contributed by atoms with van der Waals surface area (Å²) in [4.78, 5) is 5.65. The number of unbranched alkanes of at least 4 members (excludes halogenated alkanes) is 23. The van der Waals surface area contributed by atoms with E-state index in [0.29, 0.717) is 0 Å². The number of allylic oxidation sites excluding steroid dienone is 4. The fourth-order valence-corrected chi connectivity index (χ4v) is 6.92. The Kier molecular flexibility index (Phi) is 30.8. The molecule has 1 fully saturated rings. The van der Waals surface area contributed by atoms with Gasteiger partial charge >= 0.3 is 0 Å². The maximum atomic E-state index is 2.85. The largest absolute Gasteiger partial charge is 0.287 e. The number of hydrogen-bond acceptors (Lipinski definition) is 2. The number of rotatable bonds is 33. The summed E-state index contributed by atoms with van der Waals surface area (Å²) in [5, 5.41) is 0. The van der Waals surface area contributed by atoms with Gasteiger partial charge in [-0.3, -0.25) is 9.80 Å². The van der Waals surface area contributed by atoms with Crippen molar-refractivity contribution in [2.75, 3.05) is 26.2 Å². The first kappa shape index (κ1) is 40.4. The number of hydrogen-bond donors (Lipinski definition) is 0. The van der Waals surface area contributed by atoms with Gasteiger partial charge in [-0.15, -0.1) is 0 Å². The van der Waals surface area contributed by atoms with Crippen LogP contribution >= 0.6 is 0 Å². The molecule has 0 radical (unpaired) electrons. The second-order valence-electron chi connectivity index (χ2n) is 13.9. The van der Waals surface area contributed by atoms with Crippen molar-refractivity contribution in [3.63, 3.8) is 0 Å². The summed E-state index contributed by atoms with van der Waals surface area (Å²) < 4.78 is 0. The van der Waals surface area contributed by atoms with E-state index in [0.717, 1.165) is 6.17 Å². The summed E-state index contributed by atoms with van der Waals surface area (Å²) in [6, 6.07) is 0. The molecule has 0 aromatic heterocycles. The maximum absolute atomic E-state index is 2.85. The SMILES string of the molecule is CCCCCCCC/C=C/CCCCCCCCN1CCN(CCC)C1CCCCCCC/C=C/CCCCCCCC. The molecule has 43 heavy (non-hydrogen) atoms. The monoisotopic (exact) mass is 601 g/mol. The number of nitrogens with zero attached hydrogens (tertiary/aromatic N) is 2. The minimum absolute atomic E-state index is 0.730. The molecule has 254 valence electrons. The minimum Gasteiger partial charge on any atom is -0.287 e. The highest BCUT2D eigenvalue weighted by atomic mass is 15.4. The van der Waals surface area contributed by atoms with Crippen molar-refractivity contribution in [1.29, 1.82) is 0 Å². The third-order valence-corrected chi connectivity index (χ3v) is 9.71. The Hall–Kier alpha value is -0.600. The lowest BCUT2D eigenvalue weighted by molar-refractivity contribution is 0.122. The molecule has 0 spiro atoms. The van der Waals surface area contributed by atoms with E-state index >= 15 is 0 Å². The topological polar surface area (TPSA) is 6.48 Å². The smallest absolute Gasteiger partial charge is 0.0623 e. The molecule has 2 heteroatoms. The Morgan fingerprint density at radius 3 is 1.14 bits per heavy atom. The van der Waals surface area contributed by atoms with Gasteiger partial charge in [-0.1, -0.05) is 161 Å². The molecule has 0 bridgehead atoms. The van der Waals surface area contributed by atoms with Crippen molar-refractivity contribution in [1.82, 2.24) is 9.80 Å². The van der Waals surface area contributed by atoms with Gasteiger partial charge in [-0.05, 0) is 83.7 Å². The summed E-state index contributed by atoms with van der Waals surface area (Å²) in [6.45, 7) is 12.2. The molecule has 0 aromatic carbocycles. The lowest BCUT2D eigenvalue weighted by atomic mass is 10.1. The summed E-state index contributed by atoms with van der Waals surface area (Å²) in [6.07, 6.45) is 51.0. The normalized spacial score (nSPS) is 16.5. The summed E-state index contributed by atoms with van der Waals surface area (Å²) >= 11 is 0. The van der Waals surface area contributed by atoms with Gasteiger partial charge in [0.25, 0.3) is 0 Å². The Labute approximate surface area is 272 Å². The van der Waals surface area contributed by atoms with Crippen LogP contribution in [0, 0.1) is 0 Å². The van der Waals surface area contributed by atoms with Gasteiger partial charge in [-0.25, -0.2) is 0 Å². The van der Waals surface area contributed by atoms with Crippen LogP contribution in [0.5, 0.6) is 0 Å². The second-order valence-corrected chi connectivity index (χ2v) is 13.9. The summed E-state index contributed by atoms with van der Waals surface area (Å²) in [7, 11) is 0. The first-order valence-corrected chi connectivity index (χ1v) is 20.1. The maximum Gasteiger partial charge on any atom is 0.0623 e. The zero-order valence-electron chi connectivity index (χ0n) is 30.1. The molecule has 1 heterocycles. The molecular formula is C41H80N2. The van der Waals surface area contributed by atoms with Crippen LogP contribution in [0.4, 0.5) is 0 Å². The lowest BCUT2D eigenvalue weighted by Crippen LogP contribution is -2.39. The molecule has 0 amide bonds. The molecule has 1 aliphatic heterocycles. The molecular weight excluding hydrogens is 520 g/mol. The Balaban J connectivity index is 2.01. The van der Waals surface area contributed by atoms with Gasteiger partial charge in [0.1, 0.15) is 0 Å². The van der Waals surface area contributed by atoms with Crippen molar-refractivity contribution < 1.29 is 0 Å². The van der Waals surface area contributed by atoms with E-state index < -0.39 is 0 Å². The van der Waals surface area contributed by atoms with Gasteiger partial charge < -0.3 is 0 Å². The van der Waals surface area contributed by atoms with E-state index in [1.165, 1.54) is 212 Å². The zero-order valence-corrected chi connectivity index (χ0v) is 30.1. The molecule has 1 saturated heterocycles. The minimum atomic E-state index is 0.730. The van der Waals surface area contributed by atoms with Gasteiger partial charge in [0.2, 0.25) is 0 Å². The molecule has 1 unspecified atom stereocenters. The van der Waals surface area contributed by atoms with Crippen LogP contribution in [-0.4, -0.2) is 42.1 Å². The van der Waals surface area contributed by atoms with Gasteiger partial charge in [0.05, 0.1) is 6.17 Å². The van der Waals surface area contributed by atoms with E-state index in [-0.39, 0.29) is 0 Å². The van der Waals surface area contributed by atoms with Crippen molar-refractivity contribution in [2.45, 2.75) is 213 Å². The van der Waals surface area contributed by atoms with Crippen LogP contribution in [0.25, 0.3) is 0 Å². The molecule has 1 rings (SSSR count). The van der Waals surface area contributed by atoms with Gasteiger partial charge in [-0.2, -0.15) is 0 Å². The molecule has 0 aliphatic carbocycles. The fourth-order valence-electron chi connectivity index (χ4n) is 6.92. The van der Waals surface area contributed by atoms with Crippen LogP contribution in [0.1, 0.15) is 207 Å². The van der Waals surface area contributed by atoms with E-state index in [1.54, 1.807) is 0 Å². The highest BCUT2D eigenvalue weighted by Gasteiger charge is 2.30. The van der Waals surface area contributed by atoms with E-state index in [9.17, 15) is 0 Å². The zero-order chi connectivity index (χ0) is 30.9. The van der Waals surface area contributed by atoms with Crippen molar-refractivity contribution >= 4 is 0 Å². The van der Waals surface area contributed by atoms with E-state index in [2.05, 4.69) is 54.9 Å². The van der Waals surface area contributed by atoms with Crippen LogP contribution < -0.4 is 0 Å². The second kappa shape index (κ2) is 32.8. The molecule has 0 N–H and O–H groups in total. The van der Waals surface area contributed by atoms with Crippen LogP contribution in [0.3, 0.4) is 0 Å². The van der Waals surface area contributed by atoms with E-state index in [4.69, 9.17) is 0 Å². The molecule has 0 aromatic rings. The van der Waals surface area contributed by atoms with Crippen molar-refractivity contribution in [3.05, 3.63) is 24.3 Å². The highest BCUT2D eigenvalue weighted by molar-refractivity contribution is 4.83. The third kappa shape index (κ3) is 25.3. The highest BCUT2D eigenvalue weighted by Crippen LogP contribution is 2.22. The molecule has 1 aliphatic rings. The Morgan fingerprint density at radius 1 is 0.372 bits per heavy atom. The molecule has 2 nitrogen and oxygen atoms in total. The first-order valence-electron chi connectivity index (χ1n) is 20.1. The van der Waals surface area contributed by atoms with Gasteiger partial charge in [0, 0.05) is 13.1 Å². The van der Waals surface area contributed by atoms with Crippen molar-refractivity contribution in [2.24, 2.45) is 0 Å². The average Bonchev–Trinajstić information content (AvgIpc) is 3.39. The predicted octanol–water partition coefficient (Wildman–Crippen LogP) is 13.4. The standard InChI is InChI=1S/C41H80N2/c1-4-7-9-11-13-15-17-19-21-23-25-27-29-31-33-35-38-43-40-39-42(37-6-3)41(43)36-34-32-30-28-26-24-22-20-18-16-14-12-10-8-5-2/h19-22,41H,4-18,23-40H2,1-3H3/b21-19+,22-20+. The lowest BCUT2D eigenvalue weighted by Gasteiger charge is -2.30. The Morgan fingerprint density at radius 2 is 0.721 bits per heavy atom. The summed E-state index contributed by atoms with van der Waals surface area (Å²) in [5.74, 6) is 0. The van der Waals surface area contributed by atoms with Crippen LogP contribution in [0.15, 0.2) is 24.3 Å². The quantitative estimate of drug-likeness (QED) is 0.0546. The predicted molar refractivity (Wildman–Crippen MR) is 196 cm³/mol. The Bertz CT molecular complexity index is 597. The fraction of sp³-hybridized carbons (Fsp3) is 0.902. The average molecular weight is 601 g/mol. The van der Waals surface area contributed by atoms with Gasteiger partial charge in [0.15, 0.2) is 0 Å². The van der Waals surface area contributed by atoms with E-state index in [1.807, 2.05) is 0 Å². The molecule has 1 atom stereocenters. The summed E-state index contributed by atoms with van der Waals surface area (Å²) in [5.41, 5.74) is 0. The van der Waals surface area contributed by atoms with Crippen molar-refractivity contribution in [3.8, 4) is 0 Å². The van der Waals surface area contributed by atoms with Crippen LogP contribution in [-0.2, 0) is 0 Å².